The molecular formula is C110H202N2Ni. The molecule has 0 bridgehead atoms. The fraction of sp³-hybridized carbons (Fsp3) is 0.836. The number of benzene rings is 2. The van der Waals surface area contributed by atoms with Crippen molar-refractivity contribution >= 4 is 11.4 Å². The Kier molecular flexibility index (Phi) is 84.9. The summed E-state index contributed by atoms with van der Waals surface area (Å²) in [5.74, 6) is 0. The minimum atomic E-state index is 0. The van der Waals surface area contributed by atoms with Crippen LogP contribution in [0.2, 0.25) is 0 Å². The van der Waals surface area contributed by atoms with E-state index in [-0.39, 0.29) is 16.5 Å². The fourth-order valence-corrected chi connectivity index (χ4v) is 17.8. The number of hydrogen-bond donors (Lipinski definition) is 0. The molecule has 0 aliphatic carbocycles. The molecular weight excluding hydrogens is 1410 g/mol. The number of aryl methyl sites for hydroxylation is 4. The molecule has 0 N–H and O–H groups in total. The zero-order chi connectivity index (χ0) is 81.3. The van der Waals surface area contributed by atoms with Gasteiger partial charge in [-0.2, -0.15) is 12.8 Å². The third-order valence-corrected chi connectivity index (χ3v) is 25.3. The van der Waals surface area contributed by atoms with Gasteiger partial charge >= 0.3 is 16.5 Å². The van der Waals surface area contributed by atoms with Crippen LogP contribution < -0.4 is 0 Å². The van der Waals surface area contributed by atoms with E-state index in [9.17, 15) is 5.53 Å². The molecule has 3 heteroatoms. The molecule has 0 fully saturated rings. The maximum absolute atomic E-state index is 13.0. The molecule has 2 nitrogen and oxygen atoms in total. The van der Waals surface area contributed by atoms with Crippen LogP contribution in [0.15, 0.2) is 35.4 Å². The number of allylic oxidation sites excluding steroid dienone is 2. The molecule has 0 unspecified atom stereocenters. The van der Waals surface area contributed by atoms with Gasteiger partial charge in [0, 0.05) is 22.3 Å². The summed E-state index contributed by atoms with van der Waals surface area (Å²) in [4.78, 5) is 0. The fourth-order valence-electron chi connectivity index (χ4n) is 17.8. The van der Waals surface area contributed by atoms with Crippen molar-refractivity contribution in [3.05, 3.63) is 99.3 Å². The van der Waals surface area contributed by atoms with Crippen LogP contribution in [0.5, 0.6) is 0 Å². The summed E-state index contributed by atoms with van der Waals surface area (Å²) < 4.78 is 1.74. The van der Waals surface area contributed by atoms with Crippen molar-refractivity contribution in [3.8, 4) is 0 Å². The zero-order valence-corrected chi connectivity index (χ0v) is 79.9. The van der Waals surface area contributed by atoms with E-state index in [0.29, 0.717) is 0 Å². The second-order valence-corrected chi connectivity index (χ2v) is 36.1. The molecule has 2 aromatic carbocycles. The number of unbranched alkanes of at least 4 members (excludes halogenated alkanes) is 64. The Bertz CT molecular complexity index is 2240. The average molecular weight is 1610 g/mol. The third kappa shape index (κ3) is 60.2. The van der Waals surface area contributed by atoms with Crippen LogP contribution in [0.4, 0.5) is 0 Å². The van der Waals surface area contributed by atoms with Crippen molar-refractivity contribution in [1.29, 1.82) is 0 Å². The Morgan fingerprint density at radius 3 is 0.566 bits per heavy atom. The van der Waals surface area contributed by atoms with Gasteiger partial charge in [0.2, 0.25) is 11.4 Å². The Balaban J connectivity index is 0.00000190. The topological polar surface area (TPSA) is 25.3 Å². The molecule has 1 aliphatic heterocycles. The van der Waals surface area contributed by atoms with Crippen LogP contribution >= 0.6 is 0 Å². The number of hydrogen-bond acceptors (Lipinski definition) is 0. The van der Waals surface area contributed by atoms with Crippen LogP contribution in [-0.2, 0) is 55.0 Å². The first-order valence-corrected chi connectivity index (χ1v) is 52.1. The maximum atomic E-state index is 13.0. The van der Waals surface area contributed by atoms with Crippen LogP contribution in [0.25, 0.3) is 16.9 Å². The first-order chi connectivity index (χ1) is 55.3. The first kappa shape index (κ1) is 111. The predicted octanol–water partition coefficient (Wildman–Crippen LogP) is 39.6. The van der Waals surface area contributed by atoms with Gasteiger partial charge in [0.1, 0.15) is 0 Å². The molecule has 1 heterocycles. The first-order valence-electron chi connectivity index (χ1n) is 52.1. The van der Waals surface area contributed by atoms with Gasteiger partial charge < -0.3 is 19.4 Å². The Morgan fingerprint density at radius 2 is 0.345 bits per heavy atom. The summed E-state index contributed by atoms with van der Waals surface area (Å²) in [6.07, 6.45) is 112. The SMILES string of the molecule is CCCCCCC1=C(c2cc(CCCCCC)c(CCCCCC)c(CCCCCC)c2)[N+](=[N-])C(c2cc(CCCC)c(CCCC)c(CCCC)c2)=C1CCCC.[CH2-]CCCCCCCCCCCCCCCCCCCCCCCCCC.[CH2-]CCCCCCCCCCCCCCCCCCCCCCCCCC.[Ni+2]. The van der Waals surface area contributed by atoms with Gasteiger partial charge in [-0.15, -0.1) is 0 Å². The minimum absolute atomic E-state index is 0. The third-order valence-electron chi connectivity index (χ3n) is 25.3. The van der Waals surface area contributed by atoms with E-state index in [2.05, 4.69) is 107 Å². The molecule has 3 rings (SSSR count). The van der Waals surface area contributed by atoms with Gasteiger partial charge in [-0.1, -0.05) is 480 Å². The second kappa shape index (κ2) is 86.4. The summed E-state index contributed by atoms with van der Waals surface area (Å²) in [7, 11) is 0. The van der Waals surface area contributed by atoms with Crippen LogP contribution in [0, 0.1) is 13.8 Å². The normalized spacial score (nSPS) is 12.2. The van der Waals surface area contributed by atoms with Crippen molar-refractivity contribution in [2.75, 3.05) is 0 Å². The summed E-state index contributed by atoms with van der Waals surface area (Å²) in [6, 6.07) is 10.2. The van der Waals surface area contributed by atoms with Gasteiger partial charge in [0.15, 0.2) is 0 Å². The van der Waals surface area contributed by atoms with Gasteiger partial charge in [0.05, 0.1) is 0 Å². The predicted molar refractivity (Wildman–Crippen MR) is 511 cm³/mol. The molecule has 0 atom stereocenters. The van der Waals surface area contributed by atoms with Crippen molar-refractivity contribution < 1.29 is 21.2 Å². The van der Waals surface area contributed by atoms with Crippen molar-refractivity contribution in [1.82, 2.24) is 0 Å². The van der Waals surface area contributed by atoms with E-state index in [1.165, 1.54) is 485 Å². The smallest absolute Gasteiger partial charge is 0.493 e. The number of nitrogens with zero attached hydrogens (tertiary/aromatic N) is 2. The quantitative estimate of drug-likeness (QED) is 0.0273. The van der Waals surface area contributed by atoms with E-state index in [0.717, 1.165) is 75.6 Å². The van der Waals surface area contributed by atoms with Crippen molar-refractivity contribution in [2.45, 2.75) is 596 Å². The number of rotatable bonds is 82. The van der Waals surface area contributed by atoms with E-state index >= 15 is 0 Å². The van der Waals surface area contributed by atoms with E-state index in [1.807, 2.05) is 0 Å². The minimum Gasteiger partial charge on any atom is -0.493 e. The summed E-state index contributed by atoms with van der Waals surface area (Å²) in [5, 5.41) is 0. The molecule has 0 amide bonds. The van der Waals surface area contributed by atoms with Crippen LogP contribution in [-0.4, -0.2) is 4.70 Å². The molecule has 0 saturated carbocycles. The molecule has 0 aromatic heterocycles. The van der Waals surface area contributed by atoms with E-state index < -0.39 is 0 Å². The zero-order valence-electron chi connectivity index (χ0n) is 78.9. The largest absolute Gasteiger partial charge is 2.00 e. The molecule has 0 radical (unpaired) electrons. The summed E-state index contributed by atoms with van der Waals surface area (Å²) in [5.41, 5.74) is 30.1. The van der Waals surface area contributed by atoms with E-state index in [1.54, 1.807) is 38.1 Å². The van der Waals surface area contributed by atoms with Crippen LogP contribution in [0.1, 0.15) is 602 Å². The molecule has 0 saturated heterocycles. The van der Waals surface area contributed by atoms with Gasteiger partial charge in [0.25, 0.3) is 0 Å². The summed E-state index contributed by atoms with van der Waals surface area (Å²) in [6.45, 7) is 31.1. The van der Waals surface area contributed by atoms with E-state index in [4.69, 9.17) is 0 Å². The molecule has 2 aromatic rings. The van der Waals surface area contributed by atoms with Gasteiger partial charge in [-0.3, -0.25) is 0 Å². The van der Waals surface area contributed by atoms with Gasteiger partial charge in [-0.25, -0.2) is 4.70 Å². The van der Waals surface area contributed by atoms with Crippen molar-refractivity contribution in [2.24, 2.45) is 0 Å². The summed E-state index contributed by atoms with van der Waals surface area (Å²) >= 11 is 0. The Labute approximate surface area is 722 Å². The molecule has 113 heavy (non-hydrogen) atoms. The van der Waals surface area contributed by atoms with Gasteiger partial charge in [-0.05, 0) is 160 Å². The van der Waals surface area contributed by atoms with Crippen LogP contribution in [0.3, 0.4) is 0 Å². The standard InChI is InChI=1S/C56H92N2.2C27H55.Ni/c1-9-17-25-29-35-47-43-50(44-48(36-30-26-18-10-2)52(47)39-31-27-19-11-3)56-54(40-32-28-20-12-4)53(38-24-16-8)55(58(56)57)49-41-45(33-21-13-5)51(37-23-15-7)46(42-49)34-22-14-6;2*1-3-5-7-9-11-13-15-17-19-21-23-25-27-26-24-22-20-18-16-14-12-10-8-6-4-2;/h41-44H,9-40H2,1-8H3;2*1,3-27H2,2H3;/q;2*-1;+2. The average Bonchev–Trinajstić information content (AvgIpc) is 1.59. The maximum Gasteiger partial charge on any atom is 2.00 e. The Morgan fingerprint density at radius 1 is 0.195 bits per heavy atom. The molecule has 662 valence electrons. The van der Waals surface area contributed by atoms with Crippen molar-refractivity contribution in [3.63, 3.8) is 0 Å². The molecule has 1 aliphatic rings. The monoisotopic (exact) mass is 1610 g/mol. The Hall–Kier alpha value is -1.99. The molecule has 0 spiro atoms. The second-order valence-electron chi connectivity index (χ2n) is 36.1.